The molecule has 0 unspecified atom stereocenters. The van der Waals surface area contributed by atoms with Gasteiger partial charge in [0.15, 0.2) is 0 Å². The highest BCUT2D eigenvalue weighted by atomic mass is 35.5. The van der Waals surface area contributed by atoms with E-state index in [1.54, 1.807) is 0 Å². The van der Waals surface area contributed by atoms with Gasteiger partial charge in [0.1, 0.15) is 5.82 Å². The second-order valence-corrected chi connectivity index (χ2v) is 8.59. The fraction of sp³-hybridized carbons (Fsp3) is 0.333. The Morgan fingerprint density at radius 3 is 2.28 bits per heavy atom. The van der Waals surface area contributed by atoms with Crippen LogP contribution in [0.15, 0.2) is 47.4 Å². The highest BCUT2D eigenvalue weighted by molar-refractivity contribution is 7.89. The summed E-state index contributed by atoms with van der Waals surface area (Å²) in [6, 6.07) is 11.9. The minimum Gasteiger partial charge on any atom is -0.296 e. The van der Waals surface area contributed by atoms with Crippen molar-refractivity contribution in [2.24, 2.45) is 0 Å². The zero-order valence-corrected chi connectivity index (χ0v) is 15.5. The second kappa shape index (κ2) is 7.41. The van der Waals surface area contributed by atoms with Crippen molar-refractivity contribution < 1.29 is 12.8 Å². The molecule has 2 aromatic carbocycles. The van der Waals surface area contributed by atoms with Crippen LogP contribution in [-0.2, 0) is 16.6 Å². The Balaban J connectivity index is 1.64. The van der Waals surface area contributed by atoms with Gasteiger partial charge >= 0.3 is 0 Å². The van der Waals surface area contributed by atoms with E-state index in [4.69, 9.17) is 11.6 Å². The van der Waals surface area contributed by atoms with Gasteiger partial charge < -0.3 is 0 Å². The fourth-order valence-electron chi connectivity index (χ4n) is 2.87. The predicted molar refractivity (Wildman–Crippen MR) is 96.6 cm³/mol. The molecule has 7 heteroatoms. The number of aryl methyl sites for hydroxylation is 1. The maximum atomic E-state index is 13.3. The molecule has 0 bridgehead atoms. The summed E-state index contributed by atoms with van der Waals surface area (Å²) in [5.74, 6) is -0.622. The second-order valence-electron chi connectivity index (χ2n) is 6.24. The smallest absolute Gasteiger partial charge is 0.243 e. The predicted octanol–water partition coefficient (Wildman–Crippen LogP) is 3.29. The molecule has 4 nitrogen and oxygen atoms in total. The van der Waals surface area contributed by atoms with Crippen LogP contribution in [0.5, 0.6) is 0 Å². The van der Waals surface area contributed by atoms with E-state index in [9.17, 15) is 12.8 Å². The molecule has 0 aromatic heterocycles. The zero-order chi connectivity index (χ0) is 18.0. The van der Waals surface area contributed by atoms with Crippen LogP contribution in [-0.4, -0.2) is 43.8 Å². The van der Waals surface area contributed by atoms with Gasteiger partial charge in [0, 0.05) is 32.7 Å². The van der Waals surface area contributed by atoms with E-state index in [0.717, 1.165) is 12.6 Å². The molecule has 1 fully saturated rings. The minimum atomic E-state index is -3.65. The maximum absolute atomic E-state index is 13.3. The van der Waals surface area contributed by atoms with E-state index in [-0.39, 0.29) is 9.92 Å². The van der Waals surface area contributed by atoms with Crippen LogP contribution in [0.1, 0.15) is 11.1 Å². The van der Waals surface area contributed by atoms with E-state index >= 15 is 0 Å². The monoisotopic (exact) mass is 382 g/mol. The number of piperazine rings is 1. The molecule has 134 valence electrons. The molecule has 1 heterocycles. The maximum Gasteiger partial charge on any atom is 0.243 e. The third-order valence-corrected chi connectivity index (χ3v) is 6.57. The first-order valence-electron chi connectivity index (χ1n) is 8.09. The van der Waals surface area contributed by atoms with E-state index in [2.05, 4.69) is 36.1 Å². The molecular weight excluding hydrogens is 363 g/mol. The van der Waals surface area contributed by atoms with Gasteiger partial charge in [-0.25, -0.2) is 12.8 Å². The number of rotatable bonds is 4. The molecule has 1 aliphatic heterocycles. The molecule has 25 heavy (non-hydrogen) atoms. The van der Waals surface area contributed by atoms with Gasteiger partial charge in [-0.15, -0.1) is 0 Å². The molecule has 0 N–H and O–H groups in total. The Hall–Kier alpha value is -1.47. The molecule has 0 amide bonds. The van der Waals surface area contributed by atoms with Gasteiger partial charge in [0.2, 0.25) is 10.0 Å². The van der Waals surface area contributed by atoms with E-state index < -0.39 is 15.8 Å². The summed E-state index contributed by atoms with van der Waals surface area (Å²) < 4.78 is 40.1. The molecule has 0 atom stereocenters. The lowest BCUT2D eigenvalue weighted by Crippen LogP contribution is -2.48. The number of benzene rings is 2. The quantitative estimate of drug-likeness (QED) is 0.814. The molecule has 3 rings (SSSR count). The fourth-order valence-corrected chi connectivity index (χ4v) is 4.56. The Bertz CT molecular complexity index is 848. The van der Waals surface area contributed by atoms with Crippen LogP contribution in [0.2, 0.25) is 5.02 Å². The van der Waals surface area contributed by atoms with Gasteiger partial charge in [-0.1, -0.05) is 41.4 Å². The van der Waals surface area contributed by atoms with Crippen LogP contribution in [0, 0.1) is 12.7 Å². The van der Waals surface area contributed by atoms with Gasteiger partial charge in [0.25, 0.3) is 0 Å². The van der Waals surface area contributed by atoms with Crippen LogP contribution in [0.4, 0.5) is 4.39 Å². The Labute approximate surface area is 152 Å². The summed E-state index contributed by atoms with van der Waals surface area (Å²) in [6.07, 6.45) is 0. The largest absolute Gasteiger partial charge is 0.296 e. The van der Waals surface area contributed by atoms with Crippen molar-refractivity contribution in [1.29, 1.82) is 0 Å². The first-order valence-corrected chi connectivity index (χ1v) is 9.91. The molecular formula is C18H20ClFN2O2S. The van der Waals surface area contributed by atoms with Crippen molar-refractivity contribution in [3.63, 3.8) is 0 Å². The topological polar surface area (TPSA) is 40.6 Å². The van der Waals surface area contributed by atoms with E-state index in [1.165, 1.54) is 27.6 Å². The average molecular weight is 383 g/mol. The van der Waals surface area contributed by atoms with Crippen molar-refractivity contribution in [3.8, 4) is 0 Å². The van der Waals surface area contributed by atoms with Gasteiger partial charge in [-0.3, -0.25) is 4.90 Å². The number of hydrogen-bond acceptors (Lipinski definition) is 3. The highest BCUT2D eigenvalue weighted by Gasteiger charge is 2.28. The summed E-state index contributed by atoms with van der Waals surface area (Å²) in [4.78, 5) is 2.26. The summed E-state index contributed by atoms with van der Waals surface area (Å²) >= 11 is 5.72. The Kier molecular flexibility index (Phi) is 5.43. The summed E-state index contributed by atoms with van der Waals surface area (Å²) in [5.41, 5.74) is 2.44. The first-order chi connectivity index (χ1) is 11.9. The average Bonchev–Trinajstić information content (AvgIpc) is 2.60. The lowest BCUT2D eigenvalue weighted by atomic mass is 10.1. The summed E-state index contributed by atoms with van der Waals surface area (Å²) in [5, 5.41) is -0.181. The number of hydrogen-bond donors (Lipinski definition) is 0. The molecule has 2 aromatic rings. The van der Waals surface area contributed by atoms with Crippen molar-refractivity contribution in [3.05, 3.63) is 64.4 Å². The Morgan fingerprint density at radius 2 is 1.68 bits per heavy atom. The third kappa shape index (κ3) is 4.20. The minimum absolute atomic E-state index is 0.0332. The molecule has 0 spiro atoms. The SMILES string of the molecule is Cc1ccc(CN2CCN(S(=O)(=O)c3ccc(F)c(Cl)c3)CC2)cc1. The lowest BCUT2D eigenvalue weighted by Gasteiger charge is -2.34. The molecule has 1 saturated heterocycles. The highest BCUT2D eigenvalue weighted by Crippen LogP contribution is 2.23. The van der Waals surface area contributed by atoms with Gasteiger partial charge in [0.05, 0.1) is 9.92 Å². The van der Waals surface area contributed by atoms with Gasteiger partial charge in [-0.2, -0.15) is 4.31 Å². The van der Waals surface area contributed by atoms with Crippen LogP contribution >= 0.6 is 11.6 Å². The van der Waals surface area contributed by atoms with Crippen molar-refractivity contribution in [2.75, 3.05) is 26.2 Å². The Morgan fingerprint density at radius 1 is 1.04 bits per heavy atom. The molecule has 1 aliphatic rings. The van der Waals surface area contributed by atoms with Crippen LogP contribution in [0.3, 0.4) is 0 Å². The zero-order valence-electron chi connectivity index (χ0n) is 14.0. The lowest BCUT2D eigenvalue weighted by molar-refractivity contribution is 0.181. The molecule has 0 saturated carbocycles. The van der Waals surface area contributed by atoms with Crippen LogP contribution < -0.4 is 0 Å². The van der Waals surface area contributed by atoms with Gasteiger partial charge in [-0.05, 0) is 30.7 Å². The van der Waals surface area contributed by atoms with Crippen LogP contribution in [0.25, 0.3) is 0 Å². The standard InChI is InChI=1S/C18H20ClFN2O2S/c1-14-2-4-15(5-3-14)13-21-8-10-22(11-9-21)25(23,24)16-6-7-18(20)17(19)12-16/h2-7,12H,8-11,13H2,1H3. The summed E-state index contributed by atoms with van der Waals surface area (Å²) in [7, 11) is -3.65. The molecule has 0 aliphatic carbocycles. The van der Waals surface area contributed by atoms with Crippen molar-refractivity contribution in [2.45, 2.75) is 18.4 Å². The number of nitrogens with zero attached hydrogens (tertiary/aromatic N) is 2. The summed E-state index contributed by atoms with van der Waals surface area (Å²) in [6.45, 7) is 4.97. The number of sulfonamides is 1. The third-order valence-electron chi connectivity index (χ3n) is 4.39. The number of halogens is 2. The van der Waals surface area contributed by atoms with Crippen molar-refractivity contribution in [1.82, 2.24) is 9.21 Å². The normalized spacial score (nSPS) is 16.9. The first kappa shape index (κ1) is 18.3. The van der Waals surface area contributed by atoms with Crippen molar-refractivity contribution >= 4 is 21.6 Å². The van der Waals surface area contributed by atoms with E-state index in [0.29, 0.717) is 26.2 Å². The molecule has 0 radical (unpaired) electrons. The van der Waals surface area contributed by atoms with E-state index in [1.807, 2.05) is 0 Å².